The average Bonchev–Trinajstić information content (AvgIpc) is 2.99. The Morgan fingerprint density at radius 1 is 1.05 bits per heavy atom. The Balaban J connectivity index is 1.95. The van der Waals surface area contributed by atoms with Gasteiger partial charge in [-0.1, -0.05) is 57.9 Å². The fourth-order valence-corrected chi connectivity index (χ4v) is 2.66. The third-order valence-corrected chi connectivity index (χ3v) is 4.17. The minimum absolute atomic E-state index is 0.342. The van der Waals surface area contributed by atoms with Crippen LogP contribution in [0.3, 0.4) is 0 Å². The summed E-state index contributed by atoms with van der Waals surface area (Å²) in [7, 11) is 0. The molecular formula is C15H9BrCl2N2O. The maximum absolute atomic E-state index is 6.36. The summed E-state index contributed by atoms with van der Waals surface area (Å²) in [6.07, 6.45) is 0. The molecule has 3 aromatic rings. The van der Waals surface area contributed by atoms with Crippen molar-refractivity contribution in [2.75, 3.05) is 0 Å². The van der Waals surface area contributed by atoms with Gasteiger partial charge < -0.3 is 4.42 Å². The van der Waals surface area contributed by atoms with Crippen molar-refractivity contribution in [2.45, 2.75) is 5.38 Å². The molecule has 1 unspecified atom stereocenters. The second kappa shape index (κ2) is 6.18. The summed E-state index contributed by atoms with van der Waals surface area (Å²) in [4.78, 5) is 0. The van der Waals surface area contributed by atoms with E-state index in [9.17, 15) is 0 Å². The maximum atomic E-state index is 6.36. The Bertz CT molecular complexity index is 761. The lowest BCUT2D eigenvalue weighted by Gasteiger charge is -2.04. The van der Waals surface area contributed by atoms with Gasteiger partial charge in [-0.05, 0) is 23.8 Å². The molecule has 21 heavy (non-hydrogen) atoms. The number of nitrogens with zero attached hydrogens (tertiary/aromatic N) is 2. The largest absolute Gasteiger partial charge is 0.419 e. The number of alkyl halides is 1. The van der Waals surface area contributed by atoms with Crippen molar-refractivity contribution in [2.24, 2.45) is 0 Å². The molecule has 0 amide bonds. The van der Waals surface area contributed by atoms with Crippen LogP contribution in [0.4, 0.5) is 0 Å². The van der Waals surface area contributed by atoms with Crippen LogP contribution in [0.25, 0.3) is 11.5 Å². The van der Waals surface area contributed by atoms with E-state index < -0.39 is 5.38 Å². The fraction of sp³-hybridized carbons (Fsp3) is 0.0667. The second-order valence-electron chi connectivity index (χ2n) is 4.34. The van der Waals surface area contributed by atoms with Gasteiger partial charge in [-0.25, -0.2) is 0 Å². The van der Waals surface area contributed by atoms with Gasteiger partial charge in [0.1, 0.15) is 5.38 Å². The number of benzene rings is 2. The molecule has 0 aliphatic rings. The van der Waals surface area contributed by atoms with Gasteiger partial charge in [-0.15, -0.1) is 21.8 Å². The molecule has 0 aliphatic heterocycles. The van der Waals surface area contributed by atoms with Crippen molar-refractivity contribution < 1.29 is 4.42 Å². The molecule has 0 bridgehead atoms. The summed E-state index contributed by atoms with van der Waals surface area (Å²) in [5.74, 6) is 0.687. The molecular weight excluding hydrogens is 375 g/mol. The summed E-state index contributed by atoms with van der Waals surface area (Å²) in [6, 6.07) is 15.0. The predicted octanol–water partition coefficient (Wildman–Crippen LogP) is 5.48. The minimum atomic E-state index is -0.488. The van der Waals surface area contributed by atoms with Crippen LogP contribution in [-0.4, -0.2) is 10.2 Å². The van der Waals surface area contributed by atoms with Gasteiger partial charge in [0.05, 0.1) is 10.6 Å². The van der Waals surface area contributed by atoms with Crippen LogP contribution >= 0.6 is 39.1 Å². The van der Waals surface area contributed by atoms with E-state index >= 15 is 0 Å². The number of hydrogen-bond acceptors (Lipinski definition) is 3. The van der Waals surface area contributed by atoms with Crippen molar-refractivity contribution in [3.8, 4) is 11.5 Å². The summed E-state index contributed by atoms with van der Waals surface area (Å²) in [5.41, 5.74) is 1.57. The zero-order valence-corrected chi connectivity index (χ0v) is 13.7. The van der Waals surface area contributed by atoms with E-state index in [-0.39, 0.29) is 0 Å². The highest BCUT2D eigenvalue weighted by molar-refractivity contribution is 9.10. The Kier molecular flexibility index (Phi) is 4.29. The first-order valence-electron chi connectivity index (χ1n) is 6.13. The van der Waals surface area contributed by atoms with Crippen molar-refractivity contribution in [1.29, 1.82) is 0 Å². The van der Waals surface area contributed by atoms with Gasteiger partial charge in [0.2, 0.25) is 11.8 Å². The van der Waals surface area contributed by atoms with Gasteiger partial charge >= 0.3 is 0 Å². The predicted molar refractivity (Wildman–Crippen MR) is 86.6 cm³/mol. The number of aromatic nitrogens is 2. The molecule has 0 spiro atoms. The van der Waals surface area contributed by atoms with Crippen molar-refractivity contribution in [3.05, 3.63) is 69.5 Å². The summed E-state index contributed by atoms with van der Waals surface area (Å²) in [5, 5.41) is 8.10. The quantitative estimate of drug-likeness (QED) is 0.562. The molecule has 0 radical (unpaired) electrons. The van der Waals surface area contributed by atoms with Gasteiger partial charge in [-0.2, -0.15) is 0 Å². The van der Waals surface area contributed by atoms with Crippen LogP contribution < -0.4 is 0 Å². The van der Waals surface area contributed by atoms with Gasteiger partial charge in [-0.3, -0.25) is 0 Å². The SMILES string of the molecule is Clc1ccc(Br)cc1-c1nnc(C(Cl)c2ccccc2)o1. The topological polar surface area (TPSA) is 38.9 Å². The summed E-state index contributed by atoms with van der Waals surface area (Å²) >= 11 is 15.9. The first-order valence-corrected chi connectivity index (χ1v) is 7.74. The minimum Gasteiger partial charge on any atom is -0.419 e. The third kappa shape index (κ3) is 3.12. The Morgan fingerprint density at radius 2 is 1.81 bits per heavy atom. The monoisotopic (exact) mass is 382 g/mol. The van der Waals surface area contributed by atoms with Gasteiger partial charge in [0.25, 0.3) is 0 Å². The highest BCUT2D eigenvalue weighted by Gasteiger charge is 2.19. The molecule has 1 aromatic heterocycles. The standard InChI is InChI=1S/C15H9BrCl2N2O/c16-10-6-7-12(17)11(8-10)14-19-20-15(21-14)13(18)9-4-2-1-3-5-9/h1-8,13H. The maximum Gasteiger partial charge on any atom is 0.249 e. The van der Waals surface area contributed by atoms with Gasteiger partial charge in [0, 0.05) is 4.47 Å². The molecule has 0 aliphatic carbocycles. The van der Waals surface area contributed by atoms with E-state index in [1.807, 2.05) is 42.5 Å². The van der Waals surface area contributed by atoms with Crippen molar-refractivity contribution >= 4 is 39.1 Å². The molecule has 106 valence electrons. The van der Waals surface area contributed by atoms with E-state index in [1.54, 1.807) is 6.07 Å². The van der Waals surface area contributed by atoms with E-state index in [4.69, 9.17) is 27.6 Å². The van der Waals surface area contributed by atoms with E-state index in [1.165, 1.54) is 0 Å². The van der Waals surface area contributed by atoms with Gasteiger partial charge in [0.15, 0.2) is 0 Å². The first-order chi connectivity index (χ1) is 10.1. The molecule has 0 fully saturated rings. The fourth-order valence-electron chi connectivity index (χ4n) is 1.87. The molecule has 1 atom stereocenters. The molecule has 3 nitrogen and oxygen atoms in total. The molecule has 2 aromatic carbocycles. The molecule has 6 heteroatoms. The van der Waals surface area contributed by atoms with Crippen LogP contribution in [0.15, 0.2) is 57.4 Å². The first kappa shape index (κ1) is 14.6. The van der Waals surface area contributed by atoms with E-state index in [0.717, 1.165) is 10.0 Å². The van der Waals surface area contributed by atoms with E-state index in [0.29, 0.717) is 22.4 Å². The Hall–Kier alpha value is -1.36. The third-order valence-electron chi connectivity index (χ3n) is 2.91. The van der Waals surface area contributed by atoms with Crippen LogP contribution in [0, 0.1) is 0 Å². The molecule has 3 rings (SSSR count). The van der Waals surface area contributed by atoms with E-state index in [2.05, 4.69) is 26.1 Å². The second-order valence-corrected chi connectivity index (χ2v) is 6.10. The molecule has 0 N–H and O–H groups in total. The number of halogens is 3. The average molecular weight is 384 g/mol. The lowest BCUT2D eigenvalue weighted by molar-refractivity contribution is 0.513. The molecule has 1 heterocycles. The van der Waals surface area contributed by atoms with Crippen molar-refractivity contribution in [3.63, 3.8) is 0 Å². The lowest BCUT2D eigenvalue weighted by Crippen LogP contribution is -1.92. The Morgan fingerprint density at radius 3 is 2.57 bits per heavy atom. The van der Waals surface area contributed by atoms with Crippen molar-refractivity contribution in [1.82, 2.24) is 10.2 Å². The summed E-state index contributed by atoms with van der Waals surface area (Å²) < 4.78 is 6.54. The van der Waals surface area contributed by atoms with Crippen LogP contribution in [0.1, 0.15) is 16.8 Å². The van der Waals surface area contributed by atoms with Crippen LogP contribution in [-0.2, 0) is 0 Å². The highest BCUT2D eigenvalue weighted by atomic mass is 79.9. The lowest BCUT2D eigenvalue weighted by atomic mass is 10.1. The normalized spacial score (nSPS) is 12.3. The zero-order valence-electron chi connectivity index (χ0n) is 10.6. The number of rotatable bonds is 3. The highest BCUT2D eigenvalue weighted by Crippen LogP contribution is 2.33. The van der Waals surface area contributed by atoms with Crippen LogP contribution in [0.2, 0.25) is 5.02 Å². The smallest absolute Gasteiger partial charge is 0.249 e. The van der Waals surface area contributed by atoms with Crippen LogP contribution in [0.5, 0.6) is 0 Å². The number of hydrogen-bond donors (Lipinski definition) is 0. The molecule has 0 saturated heterocycles. The zero-order chi connectivity index (χ0) is 14.8. The molecule has 0 saturated carbocycles. The summed E-state index contributed by atoms with van der Waals surface area (Å²) in [6.45, 7) is 0. The Labute approximate surface area is 140 Å².